The number of likely N-dealkylation sites (tertiary alicyclic amines) is 1. The number of rotatable bonds is 2. The highest BCUT2D eigenvalue weighted by molar-refractivity contribution is 7.92. The minimum atomic E-state index is -3.49. The highest BCUT2D eigenvalue weighted by Gasteiger charge is 2.33. The zero-order chi connectivity index (χ0) is 18.0. The first-order chi connectivity index (χ1) is 11.9. The Morgan fingerprint density at radius 1 is 1.16 bits per heavy atom. The molecule has 1 atom stereocenters. The molecular formula is C17H23ClN2O4S. The van der Waals surface area contributed by atoms with E-state index in [9.17, 15) is 13.2 Å². The molecule has 1 fully saturated rings. The standard InChI is InChI=1S/C17H23ClN2O4S/c1-25(22,23)20-11-8-16(17(21)19-9-4-2-3-5-10-19)24-15-7-6-13(18)12-14(15)20/h6-7,12,16H,2-5,8-11H2,1H3. The van der Waals surface area contributed by atoms with Gasteiger partial charge in [-0.3, -0.25) is 9.10 Å². The zero-order valence-electron chi connectivity index (χ0n) is 14.3. The molecule has 1 amide bonds. The summed E-state index contributed by atoms with van der Waals surface area (Å²) in [5.74, 6) is 0.318. The molecule has 1 unspecified atom stereocenters. The zero-order valence-corrected chi connectivity index (χ0v) is 15.9. The molecule has 2 heterocycles. The van der Waals surface area contributed by atoms with Gasteiger partial charge in [0.2, 0.25) is 10.0 Å². The first kappa shape index (κ1) is 18.3. The maximum atomic E-state index is 12.9. The molecule has 25 heavy (non-hydrogen) atoms. The predicted molar refractivity (Wildman–Crippen MR) is 97.7 cm³/mol. The van der Waals surface area contributed by atoms with Crippen molar-refractivity contribution in [3.8, 4) is 5.75 Å². The number of halogens is 1. The fraction of sp³-hybridized carbons (Fsp3) is 0.588. The Hall–Kier alpha value is -1.47. The van der Waals surface area contributed by atoms with Crippen LogP contribution in [-0.2, 0) is 14.8 Å². The summed E-state index contributed by atoms with van der Waals surface area (Å²) < 4.78 is 31.5. The van der Waals surface area contributed by atoms with E-state index in [-0.39, 0.29) is 12.5 Å². The van der Waals surface area contributed by atoms with Gasteiger partial charge in [-0.1, -0.05) is 24.4 Å². The van der Waals surface area contributed by atoms with Gasteiger partial charge in [-0.2, -0.15) is 0 Å². The van der Waals surface area contributed by atoms with Crippen LogP contribution in [0.15, 0.2) is 18.2 Å². The van der Waals surface area contributed by atoms with Crippen molar-refractivity contribution in [3.63, 3.8) is 0 Å². The molecule has 0 aliphatic carbocycles. The first-order valence-corrected chi connectivity index (χ1v) is 10.8. The predicted octanol–water partition coefficient (Wildman–Crippen LogP) is 2.66. The summed E-state index contributed by atoms with van der Waals surface area (Å²) in [6, 6.07) is 4.83. The number of carbonyl (C=O) groups excluding carboxylic acids is 1. The highest BCUT2D eigenvalue weighted by Crippen LogP contribution is 2.36. The lowest BCUT2D eigenvalue weighted by Gasteiger charge is -2.25. The van der Waals surface area contributed by atoms with Crippen LogP contribution >= 0.6 is 11.6 Å². The molecule has 6 nitrogen and oxygen atoms in total. The van der Waals surface area contributed by atoms with Crippen LogP contribution in [0.2, 0.25) is 5.02 Å². The Morgan fingerprint density at radius 3 is 2.48 bits per heavy atom. The van der Waals surface area contributed by atoms with Crippen molar-refractivity contribution in [2.24, 2.45) is 0 Å². The average molecular weight is 387 g/mol. The van der Waals surface area contributed by atoms with Gasteiger partial charge in [0.05, 0.1) is 11.9 Å². The highest BCUT2D eigenvalue weighted by atomic mass is 35.5. The van der Waals surface area contributed by atoms with E-state index in [2.05, 4.69) is 0 Å². The van der Waals surface area contributed by atoms with E-state index >= 15 is 0 Å². The molecule has 1 aromatic rings. The van der Waals surface area contributed by atoms with Gasteiger partial charge in [-0.25, -0.2) is 8.42 Å². The maximum Gasteiger partial charge on any atom is 0.263 e. The topological polar surface area (TPSA) is 66.9 Å². The van der Waals surface area contributed by atoms with E-state index < -0.39 is 16.1 Å². The minimum Gasteiger partial charge on any atom is -0.478 e. The third-order valence-electron chi connectivity index (χ3n) is 4.65. The van der Waals surface area contributed by atoms with Crippen LogP contribution in [0.4, 0.5) is 5.69 Å². The monoisotopic (exact) mass is 386 g/mol. The molecule has 1 saturated heterocycles. The molecule has 2 aliphatic rings. The number of amides is 1. The van der Waals surface area contributed by atoms with Gasteiger partial charge in [0.15, 0.2) is 6.10 Å². The molecule has 0 spiro atoms. The van der Waals surface area contributed by atoms with E-state index in [4.69, 9.17) is 16.3 Å². The van der Waals surface area contributed by atoms with Crippen molar-refractivity contribution in [1.82, 2.24) is 4.90 Å². The van der Waals surface area contributed by atoms with Crippen LogP contribution in [-0.4, -0.2) is 51.2 Å². The van der Waals surface area contributed by atoms with Crippen LogP contribution in [0.5, 0.6) is 5.75 Å². The quantitative estimate of drug-likeness (QED) is 0.783. The summed E-state index contributed by atoms with van der Waals surface area (Å²) in [5, 5.41) is 0.424. The Labute approximate surface area is 153 Å². The number of anilines is 1. The van der Waals surface area contributed by atoms with Crippen molar-refractivity contribution < 1.29 is 17.9 Å². The number of hydrogen-bond acceptors (Lipinski definition) is 4. The smallest absolute Gasteiger partial charge is 0.263 e. The van der Waals surface area contributed by atoms with Crippen molar-refractivity contribution in [3.05, 3.63) is 23.2 Å². The third kappa shape index (κ3) is 4.20. The van der Waals surface area contributed by atoms with Gasteiger partial charge in [-0.05, 0) is 31.0 Å². The summed E-state index contributed by atoms with van der Waals surface area (Å²) in [6.45, 7) is 1.67. The number of carbonyl (C=O) groups is 1. The molecule has 0 N–H and O–H groups in total. The van der Waals surface area contributed by atoms with E-state index in [1.54, 1.807) is 18.2 Å². The molecule has 0 radical (unpaired) electrons. The molecule has 138 valence electrons. The number of ether oxygens (including phenoxy) is 1. The van der Waals surface area contributed by atoms with Crippen LogP contribution in [0, 0.1) is 0 Å². The second-order valence-electron chi connectivity index (χ2n) is 6.58. The largest absolute Gasteiger partial charge is 0.478 e. The lowest BCUT2D eigenvalue weighted by Crippen LogP contribution is -2.43. The van der Waals surface area contributed by atoms with Crippen LogP contribution < -0.4 is 9.04 Å². The number of hydrogen-bond donors (Lipinski definition) is 0. The second-order valence-corrected chi connectivity index (χ2v) is 8.93. The Bertz CT molecular complexity index is 745. The van der Waals surface area contributed by atoms with E-state index in [0.717, 1.165) is 45.0 Å². The van der Waals surface area contributed by atoms with Crippen molar-refractivity contribution >= 4 is 33.2 Å². The summed E-state index contributed by atoms with van der Waals surface area (Å²) in [4.78, 5) is 14.7. The van der Waals surface area contributed by atoms with Gasteiger partial charge in [-0.15, -0.1) is 0 Å². The molecule has 0 aromatic heterocycles. The fourth-order valence-corrected chi connectivity index (χ4v) is 4.47. The van der Waals surface area contributed by atoms with Gasteiger partial charge >= 0.3 is 0 Å². The van der Waals surface area contributed by atoms with Crippen molar-refractivity contribution in [2.45, 2.75) is 38.2 Å². The fourth-order valence-electron chi connectivity index (χ4n) is 3.37. The van der Waals surface area contributed by atoms with E-state index in [1.807, 2.05) is 4.90 Å². The normalized spacial score (nSPS) is 21.8. The van der Waals surface area contributed by atoms with E-state index in [0.29, 0.717) is 22.9 Å². The summed E-state index contributed by atoms with van der Waals surface area (Å²) in [7, 11) is -3.49. The number of fused-ring (bicyclic) bond motifs is 1. The molecule has 0 bridgehead atoms. The van der Waals surface area contributed by atoms with Crippen molar-refractivity contribution in [1.29, 1.82) is 0 Å². The molecule has 2 aliphatic heterocycles. The van der Waals surface area contributed by atoms with Crippen molar-refractivity contribution in [2.75, 3.05) is 30.2 Å². The Balaban J connectivity index is 1.88. The molecule has 3 rings (SSSR count). The summed E-state index contributed by atoms with van der Waals surface area (Å²) in [5.41, 5.74) is 0.390. The van der Waals surface area contributed by atoms with E-state index in [1.165, 1.54) is 4.31 Å². The average Bonchev–Trinajstić information content (AvgIpc) is 2.92. The van der Waals surface area contributed by atoms with Gasteiger partial charge in [0.25, 0.3) is 5.91 Å². The Morgan fingerprint density at radius 2 is 1.84 bits per heavy atom. The number of benzene rings is 1. The minimum absolute atomic E-state index is 0.0573. The second kappa shape index (κ2) is 7.41. The molecular weight excluding hydrogens is 364 g/mol. The van der Waals surface area contributed by atoms with Crippen LogP contribution in [0.3, 0.4) is 0 Å². The Kier molecular flexibility index (Phi) is 5.43. The van der Waals surface area contributed by atoms with Gasteiger partial charge in [0.1, 0.15) is 5.75 Å². The first-order valence-electron chi connectivity index (χ1n) is 8.59. The lowest BCUT2D eigenvalue weighted by atomic mass is 10.2. The third-order valence-corrected chi connectivity index (χ3v) is 6.06. The maximum absolute atomic E-state index is 12.9. The summed E-state index contributed by atoms with van der Waals surface area (Å²) >= 11 is 6.03. The summed E-state index contributed by atoms with van der Waals surface area (Å²) in [6.07, 6.45) is 5.06. The van der Waals surface area contributed by atoms with Gasteiger partial charge in [0, 0.05) is 31.1 Å². The van der Waals surface area contributed by atoms with Crippen LogP contribution in [0.1, 0.15) is 32.1 Å². The van der Waals surface area contributed by atoms with Crippen LogP contribution in [0.25, 0.3) is 0 Å². The molecule has 0 saturated carbocycles. The number of nitrogens with zero attached hydrogens (tertiary/aromatic N) is 2. The SMILES string of the molecule is CS(=O)(=O)N1CCC(C(=O)N2CCCCCC2)Oc2ccc(Cl)cc21. The number of sulfonamides is 1. The van der Waals surface area contributed by atoms with Gasteiger partial charge < -0.3 is 9.64 Å². The lowest BCUT2D eigenvalue weighted by molar-refractivity contribution is -0.138. The molecule has 8 heteroatoms. The molecule has 1 aromatic carbocycles.